The van der Waals surface area contributed by atoms with Gasteiger partial charge in [-0.2, -0.15) is 0 Å². The van der Waals surface area contributed by atoms with E-state index < -0.39 is 23.8 Å². The number of nitrogens with one attached hydrogen (secondary N) is 2. The molecule has 226 valence electrons. The Bertz CT molecular complexity index is 1710. The molecule has 0 aliphatic rings. The summed E-state index contributed by atoms with van der Waals surface area (Å²) in [6, 6.07) is 19.2. The van der Waals surface area contributed by atoms with Crippen molar-refractivity contribution in [3.8, 4) is 0 Å². The lowest BCUT2D eigenvalue weighted by atomic mass is 10.1. The van der Waals surface area contributed by atoms with Crippen molar-refractivity contribution in [2.75, 3.05) is 23.8 Å². The number of hydrogen-bond acceptors (Lipinski definition) is 9. The molecule has 0 aliphatic heterocycles. The van der Waals surface area contributed by atoms with Crippen LogP contribution < -0.4 is 10.6 Å². The fourth-order valence-electron chi connectivity index (χ4n) is 4.46. The Hall–Kier alpha value is -4.61. The number of unbranched alkanes of at least 4 members (excludes halogenated alkanes) is 2. The second kappa shape index (κ2) is 14.2. The summed E-state index contributed by atoms with van der Waals surface area (Å²) in [6.07, 6.45) is 3.23. The molecule has 2 amide bonds. The number of esters is 2. The number of aromatic nitrogens is 1. The van der Waals surface area contributed by atoms with Gasteiger partial charge in [-0.25, -0.2) is 14.6 Å². The predicted molar refractivity (Wildman–Crippen MR) is 174 cm³/mol. The number of fused-ring (bicyclic) bond motifs is 2. The third-order valence-electron chi connectivity index (χ3n) is 6.73. The lowest BCUT2D eigenvalue weighted by Crippen LogP contribution is -2.19. The molecule has 0 unspecified atom stereocenters. The summed E-state index contributed by atoms with van der Waals surface area (Å²) in [5.74, 6) is -2.20. The number of anilines is 2. The number of rotatable bonds is 12. The average molecular weight is 630 g/mol. The highest BCUT2D eigenvalue weighted by atomic mass is 32.1. The van der Waals surface area contributed by atoms with Crippen molar-refractivity contribution in [1.29, 1.82) is 0 Å². The Morgan fingerprint density at radius 2 is 1.07 bits per heavy atom. The molecule has 0 aliphatic carbocycles. The Morgan fingerprint density at radius 3 is 1.50 bits per heavy atom. The number of carbonyl (C=O) groups excluding carboxylic acids is 4. The number of amides is 2. The van der Waals surface area contributed by atoms with Gasteiger partial charge in [-0.1, -0.05) is 69.2 Å². The van der Waals surface area contributed by atoms with Crippen molar-refractivity contribution >= 4 is 76.6 Å². The van der Waals surface area contributed by atoms with Crippen LogP contribution in [0.4, 0.5) is 10.0 Å². The zero-order valence-corrected chi connectivity index (χ0v) is 25.9. The largest absolute Gasteiger partial charge is 0.462 e. The van der Waals surface area contributed by atoms with Crippen LogP contribution >= 0.6 is 22.7 Å². The molecular weight excluding hydrogens is 599 g/mol. The van der Waals surface area contributed by atoms with Crippen LogP contribution in [0.3, 0.4) is 0 Å². The molecule has 5 rings (SSSR count). The molecular formula is C33H31N3O6S2. The second-order valence-corrected chi connectivity index (χ2v) is 12.0. The Kier molecular flexibility index (Phi) is 9.98. The fraction of sp³-hybridized carbons (Fsp3) is 0.242. The number of nitrogens with zero attached hydrogens (tertiary/aromatic N) is 1. The topological polar surface area (TPSA) is 124 Å². The molecule has 3 heterocycles. The van der Waals surface area contributed by atoms with Crippen LogP contribution in [0.5, 0.6) is 0 Å². The zero-order valence-electron chi connectivity index (χ0n) is 24.3. The molecule has 0 fully saturated rings. The standard InChI is InChI=1S/C33H31N3O6S2/c1-3-5-18-41-32(39)26-20-12-7-9-16-24(20)43-30(26)35-28(37)22-14-11-15-23(34-22)29(38)36-31-27(33(40)42-19-6-4-2)21-13-8-10-17-25(21)44-31/h7-17H,3-6,18-19H2,1-2H3,(H,35,37)(H,36,38). The first-order valence-corrected chi connectivity index (χ1v) is 16.0. The van der Waals surface area contributed by atoms with Gasteiger partial charge in [0.15, 0.2) is 0 Å². The molecule has 0 radical (unpaired) electrons. The summed E-state index contributed by atoms with van der Waals surface area (Å²) >= 11 is 2.52. The SMILES string of the molecule is CCCCOC(=O)c1c(NC(=O)c2cccc(C(=O)Nc3sc4ccccc4c3C(=O)OCCCC)n2)sc2ccccc12. The van der Waals surface area contributed by atoms with Gasteiger partial charge in [0.1, 0.15) is 32.5 Å². The Labute approximate surface area is 262 Å². The van der Waals surface area contributed by atoms with Crippen LogP contribution in [-0.2, 0) is 9.47 Å². The van der Waals surface area contributed by atoms with E-state index in [1.54, 1.807) is 6.07 Å². The van der Waals surface area contributed by atoms with Gasteiger partial charge in [-0.05, 0) is 37.1 Å². The molecule has 0 spiro atoms. The number of benzene rings is 2. The molecule has 3 aromatic heterocycles. The van der Waals surface area contributed by atoms with Crippen molar-refractivity contribution in [1.82, 2.24) is 4.98 Å². The van der Waals surface area contributed by atoms with E-state index in [2.05, 4.69) is 15.6 Å². The smallest absolute Gasteiger partial charge is 0.341 e. The fourth-order valence-corrected chi connectivity index (χ4v) is 6.63. The van der Waals surface area contributed by atoms with Crippen LogP contribution in [0.15, 0.2) is 66.7 Å². The van der Waals surface area contributed by atoms with E-state index in [-0.39, 0.29) is 35.7 Å². The summed E-state index contributed by atoms with van der Waals surface area (Å²) in [6.45, 7) is 4.57. The number of pyridine rings is 1. The molecule has 11 heteroatoms. The molecule has 44 heavy (non-hydrogen) atoms. The normalized spacial score (nSPS) is 11.0. The van der Waals surface area contributed by atoms with E-state index in [0.717, 1.165) is 35.1 Å². The maximum absolute atomic E-state index is 13.3. The Balaban J connectivity index is 1.37. The summed E-state index contributed by atoms with van der Waals surface area (Å²) in [4.78, 5) is 57.0. The van der Waals surface area contributed by atoms with Crippen LogP contribution in [0, 0.1) is 0 Å². The first-order chi connectivity index (χ1) is 21.4. The molecule has 0 saturated carbocycles. The Morgan fingerprint density at radius 1 is 0.636 bits per heavy atom. The van der Waals surface area contributed by atoms with E-state index in [1.807, 2.05) is 62.4 Å². The molecule has 0 saturated heterocycles. The molecule has 0 bridgehead atoms. The minimum atomic E-state index is -0.587. The van der Waals surface area contributed by atoms with Gasteiger partial charge < -0.3 is 20.1 Å². The van der Waals surface area contributed by atoms with Crippen LogP contribution in [0.2, 0.25) is 0 Å². The maximum Gasteiger partial charge on any atom is 0.341 e. The number of ether oxygens (including phenoxy) is 2. The number of hydrogen-bond donors (Lipinski definition) is 2. The van der Waals surface area contributed by atoms with Gasteiger partial charge in [-0.3, -0.25) is 9.59 Å². The van der Waals surface area contributed by atoms with Gasteiger partial charge in [0.2, 0.25) is 0 Å². The molecule has 2 aromatic carbocycles. The maximum atomic E-state index is 13.3. The molecule has 2 N–H and O–H groups in total. The van der Waals surface area contributed by atoms with E-state index in [0.29, 0.717) is 20.8 Å². The van der Waals surface area contributed by atoms with Crippen LogP contribution in [-0.4, -0.2) is 42.0 Å². The van der Waals surface area contributed by atoms with E-state index in [9.17, 15) is 19.2 Å². The van der Waals surface area contributed by atoms with Crippen molar-refractivity contribution < 1.29 is 28.7 Å². The summed E-state index contributed by atoms with van der Waals surface area (Å²) in [7, 11) is 0. The quantitative estimate of drug-likeness (QED) is 0.106. The van der Waals surface area contributed by atoms with Crippen molar-refractivity contribution in [2.45, 2.75) is 39.5 Å². The van der Waals surface area contributed by atoms with Crippen LogP contribution in [0.1, 0.15) is 81.2 Å². The van der Waals surface area contributed by atoms with E-state index in [1.165, 1.54) is 34.8 Å². The van der Waals surface area contributed by atoms with Crippen molar-refractivity contribution in [3.05, 3.63) is 89.2 Å². The highest BCUT2D eigenvalue weighted by Crippen LogP contribution is 2.37. The van der Waals surface area contributed by atoms with Gasteiger partial charge in [0.25, 0.3) is 11.8 Å². The third-order valence-corrected chi connectivity index (χ3v) is 8.90. The highest BCUT2D eigenvalue weighted by Gasteiger charge is 2.25. The molecule has 5 aromatic rings. The third kappa shape index (κ3) is 6.79. The first-order valence-electron chi connectivity index (χ1n) is 14.4. The monoisotopic (exact) mass is 629 g/mol. The minimum absolute atomic E-state index is 0.0176. The van der Waals surface area contributed by atoms with Crippen molar-refractivity contribution in [3.63, 3.8) is 0 Å². The molecule has 0 atom stereocenters. The lowest BCUT2D eigenvalue weighted by Gasteiger charge is -2.09. The number of carbonyl (C=O) groups is 4. The van der Waals surface area contributed by atoms with E-state index >= 15 is 0 Å². The summed E-state index contributed by atoms with van der Waals surface area (Å²) < 4.78 is 12.6. The van der Waals surface area contributed by atoms with Gasteiger partial charge in [-0.15, -0.1) is 22.7 Å². The zero-order chi connectivity index (χ0) is 31.1. The lowest BCUT2D eigenvalue weighted by molar-refractivity contribution is 0.0494. The summed E-state index contributed by atoms with van der Waals surface area (Å²) in [5.41, 5.74) is 0.533. The number of thiophene rings is 2. The van der Waals surface area contributed by atoms with Gasteiger partial charge >= 0.3 is 11.9 Å². The predicted octanol–water partition coefficient (Wildman–Crippen LogP) is 7.93. The van der Waals surface area contributed by atoms with Crippen molar-refractivity contribution in [2.24, 2.45) is 0 Å². The van der Waals surface area contributed by atoms with Crippen LogP contribution in [0.25, 0.3) is 20.2 Å². The van der Waals surface area contributed by atoms with Gasteiger partial charge in [0, 0.05) is 20.2 Å². The minimum Gasteiger partial charge on any atom is -0.462 e. The summed E-state index contributed by atoms with van der Waals surface area (Å²) in [5, 5.41) is 7.63. The average Bonchev–Trinajstić information content (AvgIpc) is 3.58. The van der Waals surface area contributed by atoms with E-state index in [4.69, 9.17) is 9.47 Å². The second-order valence-electron chi connectivity index (χ2n) is 9.90. The molecule has 9 nitrogen and oxygen atoms in total. The first kappa shape index (κ1) is 30.8. The highest BCUT2D eigenvalue weighted by molar-refractivity contribution is 7.24. The van der Waals surface area contributed by atoms with Gasteiger partial charge in [0.05, 0.1) is 13.2 Å².